The van der Waals surface area contributed by atoms with Crippen molar-refractivity contribution < 1.29 is 13.5 Å². The number of rotatable bonds is 6. The molecule has 1 fully saturated rings. The second-order valence-corrected chi connectivity index (χ2v) is 7.74. The van der Waals surface area contributed by atoms with E-state index < -0.39 is 10.2 Å². The van der Waals surface area contributed by atoms with Crippen molar-refractivity contribution in [2.45, 2.75) is 44.7 Å². The molecule has 2 rings (SSSR count). The average molecular weight is 318 g/mol. The molecule has 1 aromatic heterocycles. The van der Waals surface area contributed by atoms with Crippen LogP contribution in [-0.4, -0.2) is 43.1 Å². The van der Waals surface area contributed by atoms with Gasteiger partial charge < -0.3 is 5.11 Å². The van der Waals surface area contributed by atoms with Crippen LogP contribution in [0.5, 0.6) is 0 Å². The molecule has 7 heteroatoms. The minimum absolute atomic E-state index is 0.111. The van der Waals surface area contributed by atoms with Crippen molar-refractivity contribution in [3.8, 4) is 0 Å². The molecule has 0 bridgehead atoms. The summed E-state index contributed by atoms with van der Waals surface area (Å²) >= 11 is 1.61. The lowest BCUT2D eigenvalue weighted by Gasteiger charge is -2.34. The predicted molar refractivity (Wildman–Crippen MR) is 81.0 cm³/mol. The fraction of sp³-hybridized carbons (Fsp3) is 0.692. The van der Waals surface area contributed by atoms with Gasteiger partial charge in [0.15, 0.2) is 0 Å². The van der Waals surface area contributed by atoms with Crippen LogP contribution in [0.3, 0.4) is 0 Å². The predicted octanol–water partition coefficient (Wildman–Crippen LogP) is 1.36. The molecule has 0 aromatic carbocycles. The Morgan fingerprint density at radius 2 is 2.35 bits per heavy atom. The normalized spacial score (nSPS) is 22.8. The van der Waals surface area contributed by atoms with E-state index in [0.29, 0.717) is 13.0 Å². The number of aliphatic hydroxyl groups is 1. The van der Waals surface area contributed by atoms with Gasteiger partial charge in [0.1, 0.15) is 0 Å². The highest BCUT2D eigenvalue weighted by Gasteiger charge is 2.32. The molecule has 114 valence electrons. The fourth-order valence-electron chi connectivity index (χ4n) is 2.60. The van der Waals surface area contributed by atoms with Gasteiger partial charge in [-0.1, -0.05) is 6.42 Å². The summed E-state index contributed by atoms with van der Waals surface area (Å²) in [5.41, 5.74) is 1.14. The van der Waals surface area contributed by atoms with Crippen molar-refractivity contribution in [1.82, 2.24) is 9.03 Å². The van der Waals surface area contributed by atoms with E-state index in [2.05, 4.69) is 4.72 Å². The molecule has 1 aliphatic heterocycles. The highest BCUT2D eigenvalue weighted by atomic mass is 32.2. The van der Waals surface area contributed by atoms with Crippen molar-refractivity contribution >= 4 is 21.5 Å². The van der Waals surface area contributed by atoms with Crippen LogP contribution in [0.25, 0.3) is 0 Å². The second kappa shape index (κ2) is 7.00. The SMILES string of the molecule is CC(Cc1ccsc1)NS(=O)(=O)N1CCCCC1CO. The van der Waals surface area contributed by atoms with E-state index >= 15 is 0 Å². The quantitative estimate of drug-likeness (QED) is 0.832. The summed E-state index contributed by atoms with van der Waals surface area (Å²) in [5.74, 6) is 0. The maximum Gasteiger partial charge on any atom is 0.280 e. The van der Waals surface area contributed by atoms with Gasteiger partial charge in [-0.3, -0.25) is 0 Å². The van der Waals surface area contributed by atoms with Gasteiger partial charge in [-0.2, -0.15) is 28.8 Å². The fourth-order valence-corrected chi connectivity index (χ4v) is 4.94. The Morgan fingerprint density at radius 1 is 1.55 bits per heavy atom. The van der Waals surface area contributed by atoms with Gasteiger partial charge in [0.2, 0.25) is 0 Å². The zero-order valence-electron chi connectivity index (χ0n) is 11.7. The highest BCUT2D eigenvalue weighted by Crippen LogP contribution is 2.20. The first-order chi connectivity index (χ1) is 9.53. The third-order valence-electron chi connectivity index (χ3n) is 3.56. The summed E-state index contributed by atoms with van der Waals surface area (Å²) in [6, 6.07) is 1.57. The third-order valence-corrected chi connectivity index (χ3v) is 6.10. The molecule has 1 aromatic rings. The van der Waals surface area contributed by atoms with E-state index in [1.807, 2.05) is 23.8 Å². The van der Waals surface area contributed by atoms with E-state index in [-0.39, 0.29) is 18.7 Å². The first-order valence-electron chi connectivity index (χ1n) is 6.94. The lowest BCUT2D eigenvalue weighted by molar-refractivity contribution is 0.153. The maximum atomic E-state index is 12.4. The summed E-state index contributed by atoms with van der Waals surface area (Å²) < 4.78 is 28.9. The number of hydrogen-bond donors (Lipinski definition) is 2. The molecule has 1 aliphatic rings. The maximum absolute atomic E-state index is 12.4. The van der Waals surface area contributed by atoms with Crippen LogP contribution in [0.2, 0.25) is 0 Å². The summed E-state index contributed by atoms with van der Waals surface area (Å²) in [7, 11) is -3.52. The van der Waals surface area contributed by atoms with Crippen molar-refractivity contribution in [3.05, 3.63) is 22.4 Å². The average Bonchev–Trinajstić information content (AvgIpc) is 2.90. The summed E-state index contributed by atoms with van der Waals surface area (Å²) in [6.07, 6.45) is 3.24. The van der Waals surface area contributed by atoms with Crippen LogP contribution in [0.1, 0.15) is 31.7 Å². The van der Waals surface area contributed by atoms with Crippen molar-refractivity contribution in [2.24, 2.45) is 0 Å². The van der Waals surface area contributed by atoms with Gasteiger partial charge in [-0.15, -0.1) is 0 Å². The monoisotopic (exact) mass is 318 g/mol. The lowest BCUT2D eigenvalue weighted by atomic mass is 10.1. The van der Waals surface area contributed by atoms with Crippen LogP contribution < -0.4 is 4.72 Å². The minimum Gasteiger partial charge on any atom is -0.395 e. The number of piperidine rings is 1. The topological polar surface area (TPSA) is 69.6 Å². The van der Waals surface area contributed by atoms with E-state index in [4.69, 9.17) is 0 Å². The molecular weight excluding hydrogens is 296 g/mol. The van der Waals surface area contributed by atoms with E-state index in [9.17, 15) is 13.5 Å². The van der Waals surface area contributed by atoms with Gasteiger partial charge >= 0.3 is 0 Å². The van der Waals surface area contributed by atoms with Crippen LogP contribution in [0.4, 0.5) is 0 Å². The molecule has 2 N–H and O–H groups in total. The molecule has 2 unspecified atom stereocenters. The Bertz CT molecular complexity index is 502. The van der Waals surface area contributed by atoms with E-state index in [1.165, 1.54) is 4.31 Å². The van der Waals surface area contributed by atoms with Crippen LogP contribution in [0.15, 0.2) is 16.8 Å². The molecule has 0 radical (unpaired) electrons. The highest BCUT2D eigenvalue weighted by molar-refractivity contribution is 7.87. The van der Waals surface area contributed by atoms with Crippen molar-refractivity contribution in [3.63, 3.8) is 0 Å². The number of hydrogen-bond acceptors (Lipinski definition) is 4. The van der Waals surface area contributed by atoms with E-state index in [1.54, 1.807) is 11.3 Å². The smallest absolute Gasteiger partial charge is 0.280 e. The number of nitrogens with one attached hydrogen (secondary N) is 1. The van der Waals surface area contributed by atoms with Gasteiger partial charge in [0.25, 0.3) is 10.2 Å². The molecule has 0 saturated carbocycles. The first kappa shape index (κ1) is 15.9. The van der Waals surface area contributed by atoms with Crippen molar-refractivity contribution in [1.29, 1.82) is 0 Å². The zero-order chi connectivity index (χ0) is 14.6. The standard InChI is InChI=1S/C13H22N2O3S2/c1-11(8-12-5-7-19-10-12)14-20(17,18)15-6-3-2-4-13(15)9-16/h5,7,10-11,13-14,16H,2-4,6,8-9H2,1H3. The molecule has 2 heterocycles. The third kappa shape index (κ3) is 4.02. The summed E-state index contributed by atoms with van der Waals surface area (Å²) in [4.78, 5) is 0. The molecule has 5 nitrogen and oxygen atoms in total. The molecule has 0 spiro atoms. The Labute approximate surface area is 124 Å². The van der Waals surface area contributed by atoms with Gasteiger partial charge in [-0.05, 0) is 48.6 Å². The number of nitrogens with zero attached hydrogens (tertiary/aromatic N) is 1. The van der Waals surface area contributed by atoms with Crippen LogP contribution >= 0.6 is 11.3 Å². The molecular formula is C13H22N2O3S2. The van der Waals surface area contributed by atoms with E-state index in [0.717, 1.165) is 24.8 Å². The molecule has 20 heavy (non-hydrogen) atoms. The Kier molecular flexibility index (Phi) is 5.57. The first-order valence-corrected chi connectivity index (χ1v) is 9.32. The summed E-state index contributed by atoms with van der Waals surface area (Å²) in [6.45, 7) is 2.25. The largest absolute Gasteiger partial charge is 0.395 e. The molecule has 2 atom stereocenters. The van der Waals surface area contributed by atoms with Gasteiger partial charge in [-0.25, -0.2) is 0 Å². The second-order valence-electron chi connectivity index (χ2n) is 5.30. The Hall–Kier alpha value is -0.470. The number of aliphatic hydroxyl groups excluding tert-OH is 1. The Balaban J connectivity index is 1.98. The summed E-state index contributed by atoms with van der Waals surface area (Å²) in [5, 5.41) is 13.4. The zero-order valence-corrected chi connectivity index (χ0v) is 13.3. The van der Waals surface area contributed by atoms with Crippen molar-refractivity contribution in [2.75, 3.05) is 13.2 Å². The van der Waals surface area contributed by atoms with Gasteiger partial charge in [0.05, 0.1) is 6.61 Å². The van der Waals surface area contributed by atoms with Crippen LogP contribution in [-0.2, 0) is 16.6 Å². The van der Waals surface area contributed by atoms with Crippen LogP contribution in [0, 0.1) is 0 Å². The molecule has 1 saturated heterocycles. The molecule has 0 amide bonds. The lowest BCUT2D eigenvalue weighted by Crippen LogP contribution is -2.52. The molecule has 0 aliphatic carbocycles. The minimum atomic E-state index is -3.52. The van der Waals surface area contributed by atoms with Gasteiger partial charge in [0, 0.05) is 18.6 Å². The number of thiophene rings is 1. The Morgan fingerprint density at radius 3 is 3.00 bits per heavy atom.